The average Bonchev–Trinajstić information content (AvgIpc) is 2.98. The van der Waals surface area contributed by atoms with Crippen LogP contribution in [-0.2, 0) is 14.4 Å². The van der Waals surface area contributed by atoms with Gasteiger partial charge in [-0.05, 0) is 65.2 Å². The Morgan fingerprint density at radius 3 is 1.72 bits per heavy atom. The number of phenols is 2. The Morgan fingerprint density at radius 1 is 0.674 bits per heavy atom. The maximum Gasteiger partial charge on any atom is 0.348 e. The van der Waals surface area contributed by atoms with Crippen LogP contribution in [0.15, 0.2) is 54.6 Å². The molecule has 3 aromatic carbocycles. The van der Waals surface area contributed by atoms with E-state index in [9.17, 15) is 34.8 Å². The van der Waals surface area contributed by atoms with Crippen LogP contribution < -0.4 is 18.9 Å². The van der Waals surface area contributed by atoms with Crippen molar-refractivity contribution in [3.8, 4) is 45.6 Å². The second-order valence-electron chi connectivity index (χ2n) is 8.81. The van der Waals surface area contributed by atoms with Crippen molar-refractivity contribution in [3.63, 3.8) is 0 Å². The Hall–Kier alpha value is -5.69. The Morgan fingerprint density at radius 2 is 1.19 bits per heavy atom. The molecule has 0 radical (unpaired) electrons. The number of carboxylic acids is 3. The minimum absolute atomic E-state index is 0.0475. The number of aromatic hydroxyl groups is 2. The molecule has 13 nitrogen and oxygen atoms in total. The van der Waals surface area contributed by atoms with Crippen molar-refractivity contribution in [2.75, 3.05) is 21.3 Å². The van der Waals surface area contributed by atoms with Crippen LogP contribution in [0.4, 0.5) is 0 Å². The number of methoxy groups -OCH3 is 3. The van der Waals surface area contributed by atoms with E-state index in [-0.39, 0.29) is 45.3 Å². The maximum absolute atomic E-state index is 12.3. The van der Waals surface area contributed by atoms with Gasteiger partial charge in [0.2, 0.25) is 6.10 Å². The molecule has 13 heteroatoms. The number of hydrogen-bond acceptors (Lipinski definition) is 10. The molecule has 0 heterocycles. The van der Waals surface area contributed by atoms with Crippen LogP contribution in [0.2, 0.25) is 0 Å². The molecule has 0 fully saturated rings. The molecular weight excluding hydrogens is 568 g/mol. The fourth-order valence-electron chi connectivity index (χ4n) is 4.03. The Labute approximate surface area is 244 Å². The second kappa shape index (κ2) is 13.8. The Kier molecular flexibility index (Phi) is 10.2. The first-order valence-corrected chi connectivity index (χ1v) is 12.3. The minimum Gasteiger partial charge on any atom is -0.504 e. The zero-order chi connectivity index (χ0) is 31.8. The van der Waals surface area contributed by atoms with Crippen molar-refractivity contribution in [3.05, 3.63) is 71.3 Å². The van der Waals surface area contributed by atoms with Crippen LogP contribution in [0.3, 0.4) is 0 Å². The number of rotatable bonds is 13. The number of aliphatic hydroxyl groups excluding tert-OH is 1. The molecule has 0 aromatic heterocycles. The summed E-state index contributed by atoms with van der Waals surface area (Å²) in [6, 6.07) is 9.29. The van der Waals surface area contributed by atoms with Gasteiger partial charge in [-0.3, -0.25) is 0 Å². The van der Waals surface area contributed by atoms with E-state index in [1.54, 1.807) is 0 Å². The number of ether oxygens (including phenoxy) is 4. The SMILES string of the molecule is COc1cc(C=CC(=O)O)ccc1O[C@@H](C(=O)O)[C@H](O)c1cc(OC)c(O)c(-c2cc(C=CC(=O)O)cc(OC)c2O)c1. The topological polar surface area (TPSA) is 210 Å². The number of aliphatic carboxylic acids is 3. The molecule has 0 saturated carbocycles. The van der Waals surface area contributed by atoms with E-state index >= 15 is 0 Å². The molecule has 0 spiro atoms. The van der Waals surface area contributed by atoms with Gasteiger partial charge in [0, 0.05) is 23.3 Å². The predicted octanol–water partition coefficient (Wildman–Crippen LogP) is 3.55. The van der Waals surface area contributed by atoms with Gasteiger partial charge in [-0.25, -0.2) is 14.4 Å². The molecule has 0 aliphatic rings. The number of carboxylic acid groups (broad SMARTS) is 3. The van der Waals surface area contributed by atoms with Crippen LogP contribution in [0, 0.1) is 0 Å². The quantitative estimate of drug-likeness (QED) is 0.156. The van der Waals surface area contributed by atoms with E-state index in [1.807, 2.05) is 0 Å². The zero-order valence-electron chi connectivity index (χ0n) is 23.0. The van der Waals surface area contributed by atoms with Crippen molar-refractivity contribution in [1.82, 2.24) is 0 Å². The van der Waals surface area contributed by atoms with Gasteiger partial charge in [0.25, 0.3) is 0 Å². The van der Waals surface area contributed by atoms with E-state index in [4.69, 9.17) is 29.2 Å². The molecule has 3 rings (SSSR count). The van der Waals surface area contributed by atoms with Gasteiger partial charge in [0.05, 0.1) is 21.3 Å². The number of benzene rings is 3. The Balaban J connectivity index is 2.11. The van der Waals surface area contributed by atoms with Crippen molar-refractivity contribution >= 4 is 30.1 Å². The molecule has 0 aliphatic carbocycles. The number of phenolic OH excluding ortho intramolecular Hbond substituents is 2. The van der Waals surface area contributed by atoms with Crippen molar-refractivity contribution in [2.45, 2.75) is 12.2 Å². The number of hydrogen-bond donors (Lipinski definition) is 6. The fraction of sp³-hybridized carbons (Fsp3) is 0.167. The number of aliphatic hydroxyl groups is 1. The number of carbonyl (C=O) groups is 3. The summed E-state index contributed by atoms with van der Waals surface area (Å²) in [5.74, 6) is -5.16. The van der Waals surface area contributed by atoms with Gasteiger partial charge < -0.3 is 49.6 Å². The van der Waals surface area contributed by atoms with Crippen LogP contribution >= 0.6 is 0 Å². The molecular formula is C30H28O13. The first kappa shape index (κ1) is 31.8. The van der Waals surface area contributed by atoms with Crippen molar-refractivity contribution in [1.29, 1.82) is 0 Å². The standard InChI is InChI=1S/C30H28O13/c1-40-21-11-15(5-8-24(31)32)4-7-20(21)43-29(30(38)39)26(35)17-13-19(28(37)23(14-17)42-3)18-10-16(6-9-25(33)34)12-22(41-2)27(18)36/h4-14,26,29,35-37H,1-3H3,(H,31,32)(H,33,34)(H,38,39)/t26-,29-/m1/s1. The van der Waals surface area contributed by atoms with E-state index in [2.05, 4.69) is 0 Å². The van der Waals surface area contributed by atoms with Crippen LogP contribution in [0.5, 0.6) is 34.5 Å². The van der Waals surface area contributed by atoms with Gasteiger partial charge in [0.1, 0.15) is 6.10 Å². The molecule has 0 aliphatic heterocycles. The summed E-state index contributed by atoms with van der Waals surface area (Å²) >= 11 is 0. The van der Waals surface area contributed by atoms with Gasteiger partial charge >= 0.3 is 17.9 Å². The van der Waals surface area contributed by atoms with Crippen LogP contribution in [0.25, 0.3) is 23.3 Å². The molecule has 2 atom stereocenters. The lowest BCUT2D eigenvalue weighted by molar-refractivity contribution is -0.151. The summed E-state index contributed by atoms with van der Waals surface area (Å²) in [4.78, 5) is 34.1. The van der Waals surface area contributed by atoms with Crippen LogP contribution in [-0.4, -0.2) is 76.0 Å². The molecule has 3 aromatic rings. The predicted molar refractivity (Wildman–Crippen MR) is 152 cm³/mol. The summed E-state index contributed by atoms with van der Waals surface area (Å²) in [5.41, 5.74) is 0.445. The highest BCUT2D eigenvalue weighted by molar-refractivity contribution is 5.88. The van der Waals surface area contributed by atoms with E-state index in [0.717, 1.165) is 12.2 Å². The molecule has 0 bridgehead atoms. The highest BCUT2D eigenvalue weighted by atomic mass is 16.5. The lowest BCUT2D eigenvalue weighted by Gasteiger charge is -2.23. The van der Waals surface area contributed by atoms with Gasteiger partial charge in [-0.15, -0.1) is 0 Å². The summed E-state index contributed by atoms with van der Waals surface area (Å²) in [6.07, 6.45) is 0.477. The first-order chi connectivity index (χ1) is 20.4. The van der Waals surface area contributed by atoms with Gasteiger partial charge in [0.15, 0.2) is 34.5 Å². The second-order valence-corrected chi connectivity index (χ2v) is 8.81. The molecule has 226 valence electrons. The van der Waals surface area contributed by atoms with E-state index in [1.165, 1.54) is 75.9 Å². The first-order valence-electron chi connectivity index (χ1n) is 12.3. The highest BCUT2D eigenvalue weighted by Gasteiger charge is 2.33. The third-order valence-corrected chi connectivity index (χ3v) is 6.07. The molecule has 0 unspecified atom stereocenters. The summed E-state index contributed by atoms with van der Waals surface area (Å²) < 4.78 is 21.3. The lowest BCUT2D eigenvalue weighted by Crippen LogP contribution is -2.34. The van der Waals surface area contributed by atoms with E-state index < -0.39 is 41.6 Å². The average molecular weight is 597 g/mol. The van der Waals surface area contributed by atoms with Gasteiger partial charge in [-0.2, -0.15) is 0 Å². The largest absolute Gasteiger partial charge is 0.504 e. The third-order valence-electron chi connectivity index (χ3n) is 6.07. The summed E-state index contributed by atoms with van der Waals surface area (Å²) in [5, 5.41) is 60.8. The molecule has 0 amide bonds. The monoisotopic (exact) mass is 596 g/mol. The van der Waals surface area contributed by atoms with Gasteiger partial charge in [-0.1, -0.05) is 6.07 Å². The molecule has 0 saturated heterocycles. The highest BCUT2D eigenvalue weighted by Crippen LogP contribution is 2.47. The minimum atomic E-state index is -1.93. The van der Waals surface area contributed by atoms with Crippen molar-refractivity contribution in [2.24, 2.45) is 0 Å². The maximum atomic E-state index is 12.3. The third kappa shape index (κ3) is 7.54. The van der Waals surface area contributed by atoms with Crippen LogP contribution in [0.1, 0.15) is 22.8 Å². The van der Waals surface area contributed by atoms with E-state index in [0.29, 0.717) is 5.56 Å². The summed E-state index contributed by atoms with van der Waals surface area (Å²) in [6.45, 7) is 0. The smallest absolute Gasteiger partial charge is 0.348 e. The molecule has 6 N–H and O–H groups in total. The molecule has 43 heavy (non-hydrogen) atoms. The normalized spacial score (nSPS) is 12.6. The summed E-state index contributed by atoms with van der Waals surface area (Å²) in [7, 11) is 3.77. The Bertz CT molecular complexity index is 1590. The lowest BCUT2D eigenvalue weighted by atomic mass is 9.94. The zero-order valence-corrected chi connectivity index (χ0v) is 23.0. The fourth-order valence-corrected chi connectivity index (χ4v) is 4.03. The van der Waals surface area contributed by atoms with Crippen molar-refractivity contribution < 1.29 is 64.0 Å².